The van der Waals surface area contributed by atoms with Gasteiger partial charge < -0.3 is 9.73 Å². The molecule has 3 N–H and O–H groups in total. The molecule has 0 saturated carbocycles. The Bertz CT molecular complexity index is 1240. The van der Waals surface area contributed by atoms with Crippen LogP contribution in [0.15, 0.2) is 53.1 Å². The predicted octanol–water partition coefficient (Wildman–Crippen LogP) is 3.42. The highest BCUT2D eigenvalue weighted by molar-refractivity contribution is 7.22. The summed E-state index contributed by atoms with van der Waals surface area (Å²) in [4.78, 5) is 32.2. The maximum Gasteiger partial charge on any atom is 0.257 e. The van der Waals surface area contributed by atoms with Crippen molar-refractivity contribution in [3.8, 4) is 11.3 Å². The van der Waals surface area contributed by atoms with Crippen molar-refractivity contribution < 1.29 is 22.8 Å². The number of para-hydroxylation sites is 1. The van der Waals surface area contributed by atoms with E-state index >= 15 is 0 Å². The van der Waals surface area contributed by atoms with Gasteiger partial charge in [0.1, 0.15) is 11.6 Å². The molecule has 0 spiro atoms. The number of anilines is 1. The molecule has 0 bridgehead atoms. The summed E-state index contributed by atoms with van der Waals surface area (Å²) in [6.07, 6.45) is 1.42. The van der Waals surface area contributed by atoms with Gasteiger partial charge in [0.05, 0.1) is 28.5 Å². The van der Waals surface area contributed by atoms with Gasteiger partial charge in [-0.05, 0) is 24.3 Å². The second kappa shape index (κ2) is 9.52. The van der Waals surface area contributed by atoms with E-state index in [1.54, 1.807) is 0 Å². The number of amides is 2. The molecule has 0 atom stereocenters. The molecule has 2 heterocycles. The molecule has 2 amide bonds. The number of benzene rings is 2. The largest absolute Gasteiger partial charge is 0.441 e. The first-order valence-corrected chi connectivity index (χ1v) is 10.4. The summed E-state index contributed by atoms with van der Waals surface area (Å²) in [7, 11) is 0. The number of aromatic nitrogens is 2. The average molecular weight is 457 g/mol. The Labute approximate surface area is 184 Å². The number of fused-ring (bicyclic) bond motifs is 1. The van der Waals surface area contributed by atoms with Crippen LogP contribution in [0, 0.1) is 11.6 Å². The number of carbonyl (C=O) groups excluding carboxylic acids is 2. The molecular formula is C21H17F2N5O3S. The molecule has 2 aromatic carbocycles. The van der Waals surface area contributed by atoms with E-state index in [2.05, 4.69) is 26.1 Å². The van der Waals surface area contributed by atoms with E-state index in [4.69, 9.17) is 4.42 Å². The molecule has 2 aromatic heterocycles. The maximum absolute atomic E-state index is 13.8. The van der Waals surface area contributed by atoms with Crippen LogP contribution in [-0.4, -0.2) is 28.3 Å². The van der Waals surface area contributed by atoms with Gasteiger partial charge in [-0.1, -0.05) is 23.5 Å². The van der Waals surface area contributed by atoms with Gasteiger partial charge in [0, 0.05) is 18.9 Å². The van der Waals surface area contributed by atoms with Gasteiger partial charge >= 0.3 is 0 Å². The summed E-state index contributed by atoms with van der Waals surface area (Å²) in [6.45, 7) is -0.0631. The molecule has 0 radical (unpaired) electrons. The molecule has 11 heteroatoms. The highest BCUT2D eigenvalue weighted by Gasteiger charge is 2.13. The molecular weight excluding hydrogens is 440 g/mol. The Morgan fingerprint density at radius 1 is 1.06 bits per heavy atom. The van der Waals surface area contributed by atoms with Crippen LogP contribution in [0.1, 0.15) is 12.3 Å². The fraction of sp³-hybridized carbons (Fsp3) is 0.143. The number of oxazole rings is 1. The number of hydrogen-bond donors (Lipinski definition) is 3. The predicted molar refractivity (Wildman–Crippen MR) is 115 cm³/mol. The third kappa shape index (κ3) is 5.24. The Balaban J connectivity index is 1.20. The first-order valence-electron chi connectivity index (χ1n) is 9.55. The Kier molecular flexibility index (Phi) is 6.36. The zero-order valence-corrected chi connectivity index (χ0v) is 17.3. The van der Waals surface area contributed by atoms with E-state index in [0.717, 1.165) is 22.3 Å². The molecule has 0 saturated heterocycles. The van der Waals surface area contributed by atoms with Crippen molar-refractivity contribution in [3.05, 3.63) is 66.2 Å². The van der Waals surface area contributed by atoms with Crippen LogP contribution < -0.4 is 16.2 Å². The van der Waals surface area contributed by atoms with E-state index < -0.39 is 23.4 Å². The van der Waals surface area contributed by atoms with Crippen molar-refractivity contribution in [3.63, 3.8) is 0 Å². The fourth-order valence-corrected chi connectivity index (χ4v) is 3.67. The quantitative estimate of drug-likeness (QED) is 0.367. The zero-order valence-electron chi connectivity index (χ0n) is 16.5. The van der Waals surface area contributed by atoms with Crippen molar-refractivity contribution in [1.29, 1.82) is 0 Å². The minimum Gasteiger partial charge on any atom is -0.441 e. The Morgan fingerprint density at radius 2 is 1.88 bits per heavy atom. The van der Waals surface area contributed by atoms with Crippen LogP contribution in [0.4, 0.5) is 13.9 Å². The standard InChI is InChI=1S/C21H17F2N5O3S/c22-12-5-6-13(14(23)9-12)16-10-24-20(31-16)8-7-18(29)27-28-19(30)11-25-21-26-15-3-1-2-4-17(15)32-21/h1-6,9-10H,7-8,11H2,(H,25,26)(H,27,29)(H,28,30). The summed E-state index contributed by atoms with van der Waals surface area (Å²) in [6, 6.07) is 10.7. The van der Waals surface area contributed by atoms with Gasteiger partial charge in [-0.2, -0.15) is 0 Å². The molecule has 164 valence electrons. The topological polar surface area (TPSA) is 109 Å². The van der Waals surface area contributed by atoms with E-state index in [-0.39, 0.29) is 36.6 Å². The third-order valence-electron chi connectivity index (χ3n) is 4.35. The summed E-state index contributed by atoms with van der Waals surface area (Å²) in [5.41, 5.74) is 5.52. The summed E-state index contributed by atoms with van der Waals surface area (Å²) in [5.74, 6) is -2.02. The summed E-state index contributed by atoms with van der Waals surface area (Å²) >= 11 is 1.42. The normalized spacial score (nSPS) is 10.8. The molecule has 8 nitrogen and oxygen atoms in total. The van der Waals surface area contributed by atoms with Crippen molar-refractivity contribution in [2.45, 2.75) is 12.8 Å². The maximum atomic E-state index is 13.8. The van der Waals surface area contributed by atoms with Gasteiger partial charge in [0.25, 0.3) is 5.91 Å². The molecule has 0 aliphatic rings. The number of carbonyl (C=O) groups is 2. The van der Waals surface area contributed by atoms with Crippen LogP contribution >= 0.6 is 11.3 Å². The molecule has 4 aromatic rings. The number of hydrogen-bond acceptors (Lipinski definition) is 7. The van der Waals surface area contributed by atoms with Gasteiger partial charge in [0.15, 0.2) is 16.8 Å². The Morgan fingerprint density at radius 3 is 2.69 bits per heavy atom. The lowest BCUT2D eigenvalue weighted by atomic mass is 10.2. The molecule has 0 fully saturated rings. The van der Waals surface area contributed by atoms with Crippen molar-refractivity contribution >= 4 is 38.5 Å². The van der Waals surface area contributed by atoms with E-state index in [1.807, 2.05) is 24.3 Å². The number of nitrogens with zero attached hydrogens (tertiary/aromatic N) is 2. The molecule has 4 rings (SSSR count). The van der Waals surface area contributed by atoms with Crippen LogP contribution in [0.25, 0.3) is 21.5 Å². The van der Waals surface area contributed by atoms with Crippen LogP contribution in [0.3, 0.4) is 0 Å². The van der Waals surface area contributed by atoms with Gasteiger partial charge in [-0.15, -0.1) is 0 Å². The average Bonchev–Trinajstić information content (AvgIpc) is 3.41. The van der Waals surface area contributed by atoms with Crippen molar-refractivity contribution in [1.82, 2.24) is 20.8 Å². The second-order valence-electron chi connectivity index (χ2n) is 6.68. The summed E-state index contributed by atoms with van der Waals surface area (Å²) in [5, 5.41) is 3.51. The SMILES string of the molecule is O=C(CCc1ncc(-c2ccc(F)cc2F)o1)NNC(=O)CNc1nc2ccccc2s1. The smallest absolute Gasteiger partial charge is 0.257 e. The second-order valence-corrected chi connectivity index (χ2v) is 7.71. The monoisotopic (exact) mass is 457 g/mol. The summed E-state index contributed by atoms with van der Waals surface area (Å²) < 4.78 is 33.3. The highest BCUT2D eigenvalue weighted by atomic mass is 32.1. The van der Waals surface area contributed by atoms with Crippen LogP contribution in [0.2, 0.25) is 0 Å². The van der Waals surface area contributed by atoms with Gasteiger partial charge in [-0.3, -0.25) is 20.4 Å². The lowest BCUT2D eigenvalue weighted by molar-refractivity contribution is -0.128. The number of thiazole rings is 1. The molecule has 32 heavy (non-hydrogen) atoms. The van der Waals surface area contributed by atoms with Crippen molar-refractivity contribution in [2.24, 2.45) is 0 Å². The third-order valence-corrected chi connectivity index (χ3v) is 5.35. The molecule has 0 aliphatic heterocycles. The molecule has 0 unspecified atom stereocenters. The lowest BCUT2D eigenvalue weighted by Gasteiger charge is -2.07. The van der Waals surface area contributed by atoms with E-state index in [1.165, 1.54) is 23.6 Å². The Hall–Kier alpha value is -3.86. The minimum atomic E-state index is -0.771. The van der Waals surface area contributed by atoms with Crippen molar-refractivity contribution in [2.75, 3.05) is 11.9 Å². The number of nitrogens with one attached hydrogen (secondary N) is 3. The highest BCUT2D eigenvalue weighted by Crippen LogP contribution is 2.25. The zero-order chi connectivity index (χ0) is 22.5. The fourth-order valence-electron chi connectivity index (χ4n) is 2.81. The van der Waals surface area contributed by atoms with Gasteiger partial charge in [-0.25, -0.2) is 18.7 Å². The molecule has 0 aliphatic carbocycles. The van der Waals surface area contributed by atoms with Crippen LogP contribution in [0.5, 0.6) is 0 Å². The minimum absolute atomic E-state index is 0.0164. The first-order chi connectivity index (χ1) is 15.5. The lowest BCUT2D eigenvalue weighted by Crippen LogP contribution is -2.44. The number of rotatable bonds is 7. The van der Waals surface area contributed by atoms with Gasteiger partial charge in [0.2, 0.25) is 5.91 Å². The van der Waals surface area contributed by atoms with E-state index in [0.29, 0.717) is 5.13 Å². The number of aryl methyl sites for hydroxylation is 1. The van der Waals surface area contributed by atoms with E-state index in [9.17, 15) is 18.4 Å². The number of hydrazine groups is 1. The first kappa shape index (κ1) is 21.4. The number of halogens is 2. The van der Waals surface area contributed by atoms with Crippen LogP contribution in [-0.2, 0) is 16.0 Å².